The van der Waals surface area contributed by atoms with Crippen LogP contribution in [0.15, 0.2) is 24.5 Å². The molecular formula is C10H11N3O2. The van der Waals surface area contributed by atoms with Gasteiger partial charge in [0, 0.05) is 24.1 Å². The molecule has 0 aromatic carbocycles. The standard InChI is InChI=1S/C10H11N3O2/c14-9(12-7-1-2-7)10(15)13-8-3-5-11-6-4-8/h3-7H,1-2H2,(H,12,14)(H,11,13,15). The van der Waals surface area contributed by atoms with Crippen LogP contribution in [0.1, 0.15) is 12.8 Å². The van der Waals surface area contributed by atoms with Crippen molar-refractivity contribution in [1.29, 1.82) is 0 Å². The summed E-state index contributed by atoms with van der Waals surface area (Å²) in [4.78, 5) is 26.4. The fourth-order valence-electron chi connectivity index (χ4n) is 1.10. The van der Waals surface area contributed by atoms with Crippen LogP contribution in [-0.4, -0.2) is 22.8 Å². The molecule has 1 aromatic rings. The van der Waals surface area contributed by atoms with Gasteiger partial charge < -0.3 is 10.6 Å². The zero-order chi connectivity index (χ0) is 10.7. The summed E-state index contributed by atoms with van der Waals surface area (Å²) in [5.74, 6) is -1.21. The maximum absolute atomic E-state index is 11.3. The van der Waals surface area contributed by atoms with E-state index in [4.69, 9.17) is 0 Å². The SMILES string of the molecule is O=C(Nc1ccncc1)C(=O)NC1CC1. The molecule has 15 heavy (non-hydrogen) atoms. The predicted molar refractivity (Wildman–Crippen MR) is 54.0 cm³/mol. The van der Waals surface area contributed by atoms with E-state index in [-0.39, 0.29) is 6.04 Å². The maximum Gasteiger partial charge on any atom is 0.313 e. The quantitative estimate of drug-likeness (QED) is 0.682. The van der Waals surface area contributed by atoms with Crippen molar-refractivity contribution in [2.45, 2.75) is 18.9 Å². The minimum absolute atomic E-state index is 0.195. The number of anilines is 1. The first-order valence-corrected chi connectivity index (χ1v) is 4.77. The smallest absolute Gasteiger partial charge is 0.313 e. The van der Waals surface area contributed by atoms with E-state index in [9.17, 15) is 9.59 Å². The Hall–Kier alpha value is -1.91. The van der Waals surface area contributed by atoms with Gasteiger partial charge in [0.15, 0.2) is 0 Å². The van der Waals surface area contributed by atoms with Crippen LogP contribution in [0.5, 0.6) is 0 Å². The molecule has 5 nitrogen and oxygen atoms in total. The zero-order valence-corrected chi connectivity index (χ0v) is 8.06. The van der Waals surface area contributed by atoms with E-state index in [1.54, 1.807) is 24.5 Å². The van der Waals surface area contributed by atoms with Gasteiger partial charge in [0.2, 0.25) is 0 Å². The lowest BCUT2D eigenvalue weighted by molar-refractivity contribution is -0.136. The first-order chi connectivity index (χ1) is 7.25. The number of hydrogen-bond donors (Lipinski definition) is 2. The van der Waals surface area contributed by atoms with Crippen LogP contribution in [0.2, 0.25) is 0 Å². The van der Waals surface area contributed by atoms with Crippen LogP contribution in [0.25, 0.3) is 0 Å². The molecule has 1 aromatic heterocycles. The molecule has 2 rings (SSSR count). The van der Waals surface area contributed by atoms with E-state index < -0.39 is 11.8 Å². The monoisotopic (exact) mass is 205 g/mol. The lowest BCUT2D eigenvalue weighted by Crippen LogP contribution is -2.36. The van der Waals surface area contributed by atoms with Crippen LogP contribution >= 0.6 is 0 Å². The number of amides is 2. The Balaban J connectivity index is 1.88. The summed E-state index contributed by atoms with van der Waals surface area (Å²) >= 11 is 0. The van der Waals surface area contributed by atoms with Crippen molar-refractivity contribution in [1.82, 2.24) is 10.3 Å². The van der Waals surface area contributed by atoms with Crippen molar-refractivity contribution in [2.75, 3.05) is 5.32 Å². The number of pyridine rings is 1. The Labute approximate surface area is 86.9 Å². The highest BCUT2D eigenvalue weighted by molar-refractivity contribution is 6.39. The molecular weight excluding hydrogens is 194 g/mol. The number of nitrogens with one attached hydrogen (secondary N) is 2. The molecule has 0 saturated heterocycles. The second-order valence-corrected chi connectivity index (χ2v) is 3.44. The topological polar surface area (TPSA) is 71.1 Å². The van der Waals surface area contributed by atoms with E-state index in [0.29, 0.717) is 5.69 Å². The molecule has 0 bridgehead atoms. The normalized spacial score (nSPS) is 14.4. The maximum atomic E-state index is 11.3. The lowest BCUT2D eigenvalue weighted by Gasteiger charge is -2.04. The first-order valence-electron chi connectivity index (χ1n) is 4.77. The van der Waals surface area contributed by atoms with Gasteiger partial charge >= 0.3 is 11.8 Å². The lowest BCUT2D eigenvalue weighted by atomic mass is 10.4. The van der Waals surface area contributed by atoms with Crippen LogP contribution in [0.3, 0.4) is 0 Å². The fourth-order valence-corrected chi connectivity index (χ4v) is 1.10. The van der Waals surface area contributed by atoms with Gasteiger partial charge in [-0.05, 0) is 25.0 Å². The molecule has 1 heterocycles. The fraction of sp³-hybridized carbons (Fsp3) is 0.300. The van der Waals surface area contributed by atoms with Crippen molar-refractivity contribution >= 4 is 17.5 Å². The number of nitrogens with zero attached hydrogens (tertiary/aromatic N) is 1. The third-order valence-corrected chi connectivity index (χ3v) is 2.06. The summed E-state index contributed by atoms with van der Waals surface area (Å²) < 4.78 is 0. The van der Waals surface area contributed by atoms with Crippen molar-refractivity contribution in [3.05, 3.63) is 24.5 Å². The molecule has 1 saturated carbocycles. The molecule has 2 amide bonds. The summed E-state index contributed by atoms with van der Waals surface area (Å²) in [5, 5.41) is 5.09. The van der Waals surface area contributed by atoms with Crippen LogP contribution in [0, 0.1) is 0 Å². The van der Waals surface area contributed by atoms with Crippen molar-refractivity contribution in [2.24, 2.45) is 0 Å². The van der Waals surface area contributed by atoms with Gasteiger partial charge in [0.1, 0.15) is 0 Å². The molecule has 78 valence electrons. The Morgan fingerprint density at radius 1 is 1.20 bits per heavy atom. The molecule has 0 unspecified atom stereocenters. The highest BCUT2D eigenvalue weighted by Gasteiger charge is 2.26. The van der Waals surface area contributed by atoms with E-state index in [2.05, 4.69) is 15.6 Å². The Morgan fingerprint density at radius 2 is 1.87 bits per heavy atom. The number of carbonyl (C=O) groups excluding carboxylic acids is 2. The van der Waals surface area contributed by atoms with Crippen LogP contribution in [0.4, 0.5) is 5.69 Å². The summed E-state index contributed by atoms with van der Waals surface area (Å²) in [7, 11) is 0. The van der Waals surface area contributed by atoms with Gasteiger partial charge in [-0.2, -0.15) is 0 Å². The summed E-state index contributed by atoms with van der Waals surface area (Å²) in [6.07, 6.45) is 5.03. The van der Waals surface area contributed by atoms with E-state index in [1.165, 1.54) is 0 Å². The first kappa shape index (κ1) is 9.64. The molecule has 1 aliphatic carbocycles. The number of rotatable bonds is 2. The van der Waals surface area contributed by atoms with Gasteiger partial charge in [0.25, 0.3) is 0 Å². The predicted octanol–water partition coefficient (Wildman–Crippen LogP) is 0.299. The minimum Gasteiger partial charge on any atom is -0.345 e. The summed E-state index contributed by atoms with van der Waals surface area (Å²) in [5.41, 5.74) is 0.570. The Bertz CT molecular complexity index is 374. The molecule has 0 radical (unpaired) electrons. The number of hydrogen-bond acceptors (Lipinski definition) is 3. The van der Waals surface area contributed by atoms with E-state index >= 15 is 0 Å². The second-order valence-electron chi connectivity index (χ2n) is 3.44. The molecule has 1 fully saturated rings. The minimum atomic E-state index is -0.631. The second kappa shape index (κ2) is 4.08. The molecule has 5 heteroatoms. The van der Waals surface area contributed by atoms with Gasteiger partial charge in [-0.15, -0.1) is 0 Å². The van der Waals surface area contributed by atoms with Gasteiger partial charge in [0.05, 0.1) is 0 Å². The number of aromatic nitrogens is 1. The largest absolute Gasteiger partial charge is 0.345 e. The molecule has 2 N–H and O–H groups in total. The van der Waals surface area contributed by atoms with Crippen molar-refractivity contribution in [3.8, 4) is 0 Å². The molecule has 0 spiro atoms. The number of carbonyl (C=O) groups is 2. The highest BCUT2D eigenvalue weighted by atomic mass is 16.2. The van der Waals surface area contributed by atoms with Gasteiger partial charge in [-0.1, -0.05) is 0 Å². The molecule has 0 aliphatic heterocycles. The van der Waals surface area contributed by atoms with Crippen molar-refractivity contribution < 1.29 is 9.59 Å². The third-order valence-electron chi connectivity index (χ3n) is 2.06. The molecule has 1 aliphatic rings. The average molecular weight is 205 g/mol. The van der Waals surface area contributed by atoms with Crippen LogP contribution < -0.4 is 10.6 Å². The Kier molecular flexibility index (Phi) is 2.62. The van der Waals surface area contributed by atoms with Gasteiger partial charge in [-0.3, -0.25) is 14.6 Å². The van der Waals surface area contributed by atoms with E-state index in [1.807, 2.05) is 0 Å². The van der Waals surface area contributed by atoms with Crippen LogP contribution in [-0.2, 0) is 9.59 Å². The third kappa shape index (κ3) is 2.77. The summed E-state index contributed by atoms with van der Waals surface area (Å²) in [6.45, 7) is 0. The van der Waals surface area contributed by atoms with Crippen molar-refractivity contribution in [3.63, 3.8) is 0 Å². The Morgan fingerprint density at radius 3 is 2.47 bits per heavy atom. The average Bonchev–Trinajstić information content (AvgIpc) is 3.03. The van der Waals surface area contributed by atoms with E-state index in [0.717, 1.165) is 12.8 Å². The highest BCUT2D eigenvalue weighted by Crippen LogP contribution is 2.18. The molecule has 0 atom stereocenters. The van der Waals surface area contributed by atoms with Gasteiger partial charge in [-0.25, -0.2) is 0 Å². The summed E-state index contributed by atoms with van der Waals surface area (Å²) in [6, 6.07) is 3.45. The zero-order valence-electron chi connectivity index (χ0n) is 8.06.